The zero-order valence-electron chi connectivity index (χ0n) is 12.4. The van der Waals surface area contributed by atoms with E-state index in [1.807, 2.05) is 51.1 Å². The molecule has 1 aliphatic rings. The van der Waals surface area contributed by atoms with Gasteiger partial charge in [-0.05, 0) is 5.56 Å². The molecule has 0 aliphatic carbocycles. The van der Waals surface area contributed by atoms with E-state index in [1.165, 1.54) is 0 Å². The molecule has 2 unspecified atom stereocenters. The van der Waals surface area contributed by atoms with Gasteiger partial charge >= 0.3 is 5.97 Å². The van der Waals surface area contributed by atoms with Crippen molar-refractivity contribution in [3.8, 4) is 0 Å². The highest BCUT2D eigenvalue weighted by molar-refractivity contribution is 5.82. The molecule has 0 bridgehead atoms. The highest BCUT2D eigenvalue weighted by atomic mass is 16.8. The van der Waals surface area contributed by atoms with Crippen molar-refractivity contribution in [2.24, 2.45) is 5.41 Å². The Morgan fingerprint density at radius 2 is 1.95 bits per heavy atom. The molecule has 108 valence electrons. The molecule has 1 fully saturated rings. The maximum absolute atomic E-state index is 12.4. The van der Waals surface area contributed by atoms with Crippen LogP contribution in [-0.4, -0.2) is 17.9 Å². The minimum absolute atomic E-state index is 0.241. The number of carbonyl (C=O) groups is 1. The molecular weight excluding hydrogens is 252 g/mol. The monoisotopic (exact) mass is 274 g/mol. The predicted molar refractivity (Wildman–Crippen MR) is 78.1 cm³/mol. The molecule has 2 atom stereocenters. The summed E-state index contributed by atoms with van der Waals surface area (Å²) in [6, 6.07) is 9.85. The molecule has 20 heavy (non-hydrogen) atoms. The SMILES string of the molecule is C=CCC1(Cc2ccccc2)OC(C(C)(C)C)OC1=O. The molecule has 0 N–H and O–H groups in total. The Labute approximate surface area is 120 Å². The molecule has 0 aromatic heterocycles. The van der Waals surface area contributed by atoms with Gasteiger partial charge in [-0.15, -0.1) is 6.58 Å². The summed E-state index contributed by atoms with van der Waals surface area (Å²) in [5.74, 6) is -0.291. The molecule has 1 saturated heterocycles. The first-order valence-corrected chi connectivity index (χ1v) is 6.91. The van der Waals surface area contributed by atoms with E-state index in [4.69, 9.17) is 9.47 Å². The van der Waals surface area contributed by atoms with E-state index in [0.717, 1.165) is 5.56 Å². The number of carbonyl (C=O) groups excluding carboxylic acids is 1. The van der Waals surface area contributed by atoms with Gasteiger partial charge in [-0.1, -0.05) is 57.2 Å². The Morgan fingerprint density at radius 3 is 2.45 bits per heavy atom. The van der Waals surface area contributed by atoms with Crippen molar-refractivity contribution in [2.45, 2.75) is 45.5 Å². The molecule has 3 nitrogen and oxygen atoms in total. The summed E-state index contributed by atoms with van der Waals surface area (Å²) in [4.78, 5) is 12.4. The van der Waals surface area contributed by atoms with Crippen molar-refractivity contribution in [3.63, 3.8) is 0 Å². The Morgan fingerprint density at radius 1 is 1.30 bits per heavy atom. The van der Waals surface area contributed by atoms with Gasteiger partial charge in [-0.2, -0.15) is 0 Å². The number of hydrogen-bond acceptors (Lipinski definition) is 3. The molecule has 0 saturated carbocycles. The fraction of sp³-hybridized carbons (Fsp3) is 0.471. The van der Waals surface area contributed by atoms with Crippen molar-refractivity contribution >= 4 is 5.97 Å². The summed E-state index contributed by atoms with van der Waals surface area (Å²) in [7, 11) is 0. The predicted octanol–water partition coefficient (Wildman–Crippen LogP) is 3.49. The molecule has 1 aliphatic heterocycles. The summed E-state index contributed by atoms with van der Waals surface area (Å²) in [6.07, 6.45) is 2.16. The number of ether oxygens (including phenoxy) is 2. The summed E-state index contributed by atoms with van der Waals surface area (Å²) in [6.45, 7) is 9.74. The van der Waals surface area contributed by atoms with Crippen molar-refractivity contribution in [1.82, 2.24) is 0 Å². The second-order valence-corrected chi connectivity index (χ2v) is 6.37. The van der Waals surface area contributed by atoms with Crippen molar-refractivity contribution in [1.29, 1.82) is 0 Å². The Bertz CT molecular complexity index is 487. The van der Waals surface area contributed by atoms with Gasteiger partial charge < -0.3 is 9.47 Å². The van der Waals surface area contributed by atoms with Gasteiger partial charge in [-0.25, -0.2) is 4.79 Å². The van der Waals surface area contributed by atoms with E-state index >= 15 is 0 Å². The zero-order chi connectivity index (χ0) is 14.8. The molecule has 0 spiro atoms. The summed E-state index contributed by atoms with van der Waals surface area (Å²) < 4.78 is 11.5. The molecule has 1 aromatic carbocycles. The smallest absolute Gasteiger partial charge is 0.341 e. The van der Waals surface area contributed by atoms with Crippen LogP contribution in [0.25, 0.3) is 0 Å². The minimum Gasteiger partial charge on any atom is -0.433 e. The topological polar surface area (TPSA) is 35.5 Å². The van der Waals surface area contributed by atoms with Crippen LogP contribution >= 0.6 is 0 Å². The highest BCUT2D eigenvalue weighted by Crippen LogP contribution is 2.38. The van der Waals surface area contributed by atoms with Crippen LogP contribution in [-0.2, 0) is 20.7 Å². The lowest BCUT2D eigenvalue weighted by Crippen LogP contribution is -2.39. The van der Waals surface area contributed by atoms with Crippen LogP contribution in [0.1, 0.15) is 32.8 Å². The van der Waals surface area contributed by atoms with E-state index in [9.17, 15) is 4.79 Å². The fourth-order valence-corrected chi connectivity index (χ4v) is 2.31. The quantitative estimate of drug-likeness (QED) is 0.623. The van der Waals surface area contributed by atoms with Crippen molar-refractivity contribution < 1.29 is 14.3 Å². The van der Waals surface area contributed by atoms with E-state index in [-0.39, 0.29) is 11.4 Å². The standard InChI is InChI=1S/C17H22O3/c1-5-11-17(12-13-9-7-6-8-10-13)14(18)19-15(20-17)16(2,3)4/h5-10,15H,1,11-12H2,2-4H3. The van der Waals surface area contributed by atoms with E-state index in [0.29, 0.717) is 12.8 Å². The minimum atomic E-state index is -0.943. The average molecular weight is 274 g/mol. The molecule has 3 heteroatoms. The summed E-state index contributed by atoms with van der Waals surface area (Å²) in [5.41, 5.74) is -0.128. The normalized spacial score (nSPS) is 26.4. The summed E-state index contributed by atoms with van der Waals surface area (Å²) in [5, 5.41) is 0. The fourth-order valence-electron chi connectivity index (χ4n) is 2.31. The Balaban J connectivity index is 2.26. The number of benzene rings is 1. The Kier molecular flexibility index (Phi) is 4.00. The van der Waals surface area contributed by atoms with Crippen LogP contribution in [0.15, 0.2) is 43.0 Å². The van der Waals surface area contributed by atoms with Crippen molar-refractivity contribution in [3.05, 3.63) is 48.6 Å². The maximum atomic E-state index is 12.4. The second kappa shape index (κ2) is 5.41. The highest BCUT2D eigenvalue weighted by Gasteiger charge is 2.52. The van der Waals surface area contributed by atoms with Gasteiger partial charge in [0.25, 0.3) is 0 Å². The van der Waals surface area contributed by atoms with Gasteiger partial charge in [0.05, 0.1) is 0 Å². The Hall–Kier alpha value is -1.61. The molecule has 1 heterocycles. The van der Waals surface area contributed by atoms with Crippen LogP contribution in [0.2, 0.25) is 0 Å². The molecular formula is C17H22O3. The summed E-state index contributed by atoms with van der Waals surface area (Å²) >= 11 is 0. The largest absolute Gasteiger partial charge is 0.433 e. The lowest BCUT2D eigenvalue weighted by molar-refractivity contribution is -0.155. The van der Waals surface area contributed by atoms with Gasteiger partial charge in [-0.3, -0.25) is 0 Å². The third-order valence-electron chi connectivity index (χ3n) is 3.43. The average Bonchev–Trinajstić information content (AvgIpc) is 2.69. The number of hydrogen-bond donors (Lipinski definition) is 0. The van der Waals surface area contributed by atoms with Gasteiger partial charge in [0, 0.05) is 18.3 Å². The van der Waals surface area contributed by atoms with Gasteiger partial charge in [0.1, 0.15) is 0 Å². The first-order valence-electron chi connectivity index (χ1n) is 6.91. The van der Waals surface area contributed by atoms with Crippen LogP contribution in [0.5, 0.6) is 0 Å². The first-order chi connectivity index (χ1) is 9.37. The van der Waals surface area contributed by atoms with Crippen LogP contribution in [0, 0.1) is 5.41 Å². The van der Waals surface area contributed by atoms with Crippen LogP contribution in [0.3, 0.4) is 0 Å². The van der Waals surface area contributed by atoms with Crippen LogP contribution < -0.4 is 0 Å². The third-order valence-corrected chi connectivity index (χ3v) is 3.43. The van der Waals surface area contributed by atoms with E-state index < -0.39 is 11.9 Å². The lowest BCUT2D eigenvalue weighted by Gasteiger charge is -2.28. The van der Waals surface area contributed by atoms with Crippen LogP contribution in [0.4, 0.5) is 0 Å². The molecule has 1 aromatic rings. The molecule has 2 rings (SSSR count). The number of esters is 1. The third kappa shape index (κ3) is 2.93. The molecule has 0 radical (unpaired) electrons. The molecule has 0 amide bonds. The second-order valence-electron chi connectivity index (χ2n) is 6.37. The van der Waals surface area contributed by atoms with E-state index in [2.05, 4.69) is 6.58 Å². The zero-order valence-corrected chi connectivity index (χ0v) is 12.4. The number of rotatable bonds is 4. The van der Waals surface area contributed by atoms with E-state index in [1.54, 1.807) is 6.08 Å². The van der Waals surface area contributed by atoms with Crippen molar-refractivity contribution in [2.75, 3.05) is 0 Å². The maximum Gasteiger partial charge on any atom is 0.341 e. The van der Waals surface area contributed by atoms with Gasteiger partial charge in [0.2, 0.25) is 6.29 Å². The van der Waals surface area contributed by atoms with Gasteiger partial charge in [0.15, 0.2) is 5.60 Å². The number of cyclic esters (lactones) is 1. The first kappa shape index (κ1) is 14.8. The lowest BCUT2D eigenvalue weighted by atomic mass is 9.91.